The Labute approximate surface area is 204 Å². The third-order valence-electron chi connectivity index (χ3n) is 5.54. The van der Waals surface area contributed by atoms with Crippen LogP contribution in [0.5, 0.6) is 17.2 Å². The number of hydrogen-bond acceptors (Lipinski definition) is 7. The molecule has 9 nitrogen and oxygen atoms in total. The molecule has 0 aliphatic rings. The third-order valence-corrected chi connectivity index (χ3v) is 5.54. The maximum absolute atomic E-state index is 13.2. The molecule has 3 rings (SSSR count). The average molecular weight is 481 g/mol. The van der Waals surface area contributed by atoms with Crippen molar-refractivity contribution in [3.63, 3.8) is 0 Å². The molecule has 3 aromatic rings. The topological polar surface area (TPSA) is 111 Å². The highest BCUT2D eigenvalue weighted by atomic mass is 16.5. The van der Waals surface area contributed by atoms with Gasteiger partial charge in [0, 0.05) is 32.4 Å². The quantitative estimate of drug-likeness (QED) is 0.258. The van der Waals surface area contributed by atoms with Gasteiger partial charge in [0.1, 0.15) is 28.6 Å². The van der Waals surface area contributed by atoms with E-state index in [1.165, 1.54) is 21.3 Å². The van der Waals surface area contributed by atoms with Gasteiger partial charge in [-0.15, -0.1) is 0 Å². The summed E-state index contributed by atoms with van der Waals surface area (Å²) in [5.41, 5.74) is 1.79. The van der Waals surface area contributed by atoms with E-state index in [1.54, 1.807) is 29.1 Å². The highest BCUT2D eigenvalue weighted by Gasteiger charge is 2.27. The predicted molar refractivity (Wildman–Crippen MR) is 135 cm³/mol. The molecule has 0 aliphatic carbocycles. The minimum atomic E-state index is -0.513. The van der Waals surface area contributed by atoms with Gasteiger partial charge in [-0.1, -0.05) is 26.0 Å². The van der Waals surface area contributed by atoms with Crippen molar-refractivity contribution < 1.29 is 19.3 Å². The van der Waals surface area contributed by atoms with E-state index in [2.05, 4.69) is 28.6 Å². The van der Waals surface area contributed by atoms with E-state index in [-0.39, 0.29) is 17.2 Å². The van der Waals surface area contributed by atoms with E-state index in [1.807, 2.05) is 13.2 Å². The van der Waals surface area contributed by atoms with Crippen LogP contribution in [0.15, 0.2) is 52.7 Å². The fraction of sp³-hybridized carbons (Fsp3) is 0.346. The van der Waals surface area contributed by atoms with Crippen LogP contribution < -0.4 is 15.0 Å². The lowest BCUT2D eigenvalue weighted by atomic mass is 9.95. The number of unbranched alkanes of at least 4 members (excludes halogenated alkanes) is 1. The summed E-state index contributed by atoms with van der Waals surface area (Å²) in [4.78, 5) is 20.3. The molecule has 0 aliphatic heterocycles. The van der Waals surface area contributed by atoms with Gasteiger partial charge in [0.25, 0.3) is 5.56 Å². The number of allylic oxidation sites excluding steroid dienone is 1. The summed E-state index contributed by atoms with van der Waals surface area (Å²) < 4.78 is 18.7. The van der Waals surface area contributed by atoms with Crippen molar-refractivity contribution in [2.75, 3.05) is 21.3 Å². The Morgan fingerprint density at radius 1 is 1.23 bits per heavy atom. The summed E-state index contributed by atoms with van der Waals surface area (Å²) in [7, 11) is 6.38. The molecule has 0 spiro atoms. The van der Waals surface area contributed by atoms with E-state index < -0.39 is 5.56 Å². The molecule has 2 heterocycles. The number of aromatic hydroxyl groups is 1. The molecule has 0 bridgehead atoms. The lowest BCUT2D eigenvalue weighted by Crippen LogP contribution is -2.23. The smallest absolute Gasteiger partial charge is 0.264 e. The minimum absolute atomic E-state index is 0.0465. The molecular formula is C26H32N4O5. The third kappa shape index (κ3) is 5.56. The molecule has 9 heteroatoms. The lowest BCUT2D eigenvalue weighted by Gasteiger charge is -2.20. The molecule has 0 unspecified atom stereocenters. The van der Waals surface area contributed by atoms with Crippen LogP contribution in [0.3, 0.4) is 0 Å². The number of benzene rings is 1. The van der Waals surface area contributed by atoms with Gasteiger partial charge in [-0.3, -0.25) is 14.5 Å². The zero-order chi connectivity index (χ0) is 25.5. The van der Waals surface area contributed by atoms with Crippen LogP contribution in [0.25, 0.3) is 11.1 Å². The number of pyridine rings is 1. The van der Waals surface area contributed by atoms with Crippen molar-refractivity contribution in [3.8, 4) is 28.4 Å². The SMILES string of the molecule is C=C(Cc1cnn(C)c1)OC(=NC)c1c(O)c(-c2c(OC)cccc2OC)c(CCCC)[nH]c1=O. The summed E-state index contributed by atoms with van der Waals surface area (Å²) in [6.45, 7) is 6.01. The number of aromatic amines is 1. The van der Waals surface area contributed by atoms with Gasteiger partial charge in [-0.25, -0.2) is 0 Å². The zero-order valence-corrected chi connectivity index (χ0v) is 20.8. The molecular weight excluding hydrogens is 448 g/mol. The van der Waals surface area contributed by atoms with Crippen LogP contribution in [0.4, 0.5) is 0 Å². The summed E-state index contributed by atoms with van der Waals surface area (Å²) in [6.07, 6.45) is 6.18. The molecule has 0 atom stereocenters. The van der Waals surface area contributed by atoms with Crippen molar-refractivity contribution in [3.05, 3.63) is 70.1 Å². The van der Waals surface area contributed by atoms with Gasteiger partial charge in [-0.05, 0) is 30.5 Å². The second kappa shape index (κ2) is 11.4. The Balaban J connectivity index is 2.14. The number of H-pyrrole nitrogens is 1. The average Bonchev–Trinajstić information content (AvgIpc) is 3.25. The molecule has 2 N–H and O–H groups in total. The van der Waals surface area contributed by atoms with Gasteiger partial charge in [0.15, 0.2) is 0 Å². The van der Waals surface area contributed by atoms with Crippen molar-refractivity contribution in [1.29, 1.82) is 0 Å². The van der Waals surface area contributed by atoms with Gasteiger partial charge in [-0.2, -0.15) is 5.10 Å². The molecule has 1 aromatic carbocycles. The number of rotatable bonds is 10. The predicted octanol–water partition coefficient (Wildman–Crippen LogP) is 3.99. The molecule has 2 aromatic heterocycles. The highest BCUT2D eigenvalue weighted by Crippen LogP contribution is 2.44. The van der Waals surface area contributed by atoms with Crippen molar-refractivity contribution >= 4 is 5.90 Å². The summed E-state index contributed by atoms with van der Waals surface area (Å²) in [6, 6.07) is 5.33. The van der Waals surface area contributed by atoms with E-state index in [0.29, 0.717) is 46.9 Å². The first-order valence-electron chi connectivity index (χ1n) is 11.3. The Morgan fingerprint density at radius 3 is 2.46 bits per heavy atom. The lowest BCUT2D eigenvalue weighted by molar-refractivity contribution is 0.394. The van der Waals surface area contributed by atoms with Crippen molar-refractivity contribution in [1.82, 2.24) is 14.8 Å². The molecule has 0 amide bonds. The van der Waals surface area contributed by atoms with E-state index >= 15 is 0 Å². The van der Waals surface area contributed by atoms with Gasteiger partial charge in [0.2, 0.25) is 5.90 Å². The number of ether oxygens (including phenoxy) is 3. The van der Waals surface area contributed by atoms with Gasteiger partial charge >= 0.3 is 0 Å². The number of hydrogen-bond donors (Lipinski definition) is 2. The highest BCUT2D eigenvalue weighted by molar-refractivity contribution is 6.00. The van der Waals surface area contributed by atoms with E-state index in [9.17, 15) is 9.90 Å². The van der Waals surface area contributed by atoms with Crippen molar-refractivity contribution in [2.24, 2.45) is 12.0 Å². The fourth-order valence-corrected chi connectivity index (χ4v) is 3.92. The maximum Gasteiger partial charge on any atom is 0.264 e. The number of methoxy groups -OCH3 is 2. The summed E-state index contributed by atoms with van der Waals surface area (Å²) in [5, 5.41) is 15.7. The zero-order valence-electron chi connectivity index (χ0n) is 20.8. The van der Waals surface area contributed by atoms with E-state index in [4.69, 9.17) is 14.2 Å². The van der Waals surface area contributed by atoms with Crippen LogP contribution in [0.2, 0.25) is 0 Å². The first-order valence-corrected chi connectivity index (χ1v) is 11.3. The minimum Gasteiger partial charge on any atom is -0.506 e. The van der Waals surface area contributed by atoms with Crippen LogP contribution >= 0.6 is 0 Å². The van der Waals surface area contributed by atoms with Crippen LogP contribution in [0.1, 0.15) is 36.6 Å². The summed E-state index contributed by atoms with van der Waals surface area (Å²) in [5.74, 6) is 1.02. The van der Waals surface area contributed by atoms with Gasteiger partial charge in [0.05, 0.1) is 31.5 Å². The second-order valence-corrected chi connectivity index (χ2v) is 8.04. The van der Waals surface area contributed by atoms with Crippen molar-refractivity contribution in [2.45, 2.75) is 32.6 Å². The van der Waals surface area contributed by atoms with Crippen LogP contribution in [-0.4, -0.2) is 47.0 Å². The molecule has 35 heavy (non-hydrogen) atoms. The van der Waals surface area contributed by atoms with Crippen LogP contribution in [0, 0.1) is 0 Å². The number of aryl methyl sites for hydroxylation is 2. The number of aliphatic imine (C=N–C) groups is 1. The molecule has 0 radical (unpaired) electrons. The number of nitrogens with zero attached hydrogens (tertiary/aromatic N) is 3. The number of aromatic nitrogens is 3. The molecule has 186 valence electrons. The van der Waals surface area contributed by atoms with Gasteiger partial charge < -0.3 is 24.3 Å². The monoisotopic (exact) mass is 480 g/mol. The Kier molecular flexibility index (Phi) is 8.35. The normalized spacial score (nSPS) is 11.4. The maximum atomic E-state index is 13.2. The Morgan fingerprint density at radius 2 is 1.91 bits per heavy atom. The second-order valence-electron chi connectivity index (χ2n) is 8.04. The number of nitrogens with one attached hydrogen (secondary N) is 1. The molecule has 0 fully saturated rings. The molecule has 0 saturated heterocycles. The van der Waals surface area contributed by atoms with Crippen LogP contribution in [-0.2, 0) is 24.6 Å². The summed E-state index contributed by atoms with van der Waals surface area (Å²) >= 11 is 0. The largest absolute Gasteiger partial charge is 0.506 e. The first kappa shape index (κ1) is 25.6. The van der Waals surface area contributed by atoms with E-state index in [0.717, 1.165) is 18.4 Å². The molecule has 0 saturated carbocycles. The first-order chi connectivity index (χ1) is 16.8. The Hall–Kier alpha value is -4.01. The Bertz CT molecular complexity index is 1270. The standard InChI is InChI=1S/C26H32N4O5/c1-7-8-10-18-21(22-19(33-5)11-9-12-20(22)34-6)24(31)23(25(32)29-18)26(27-3)35-16(2)13-17-14-28-30(4)15-17/h9,11-12,14-15H,2,7-8,10,13H2,1,3-6H3,(H2,29,31,32). The fourth-order valence-electron chi connectivity index (χ4n) is 3.92.